The van der Waals surface area contributed by atoms with Gasteiger partial charge in [0.2, 0.25) is 5.91 Å². The van der Waals surface area contributed by atoms with Crippen molar-refractivity contribution in [2.24, 2.45) is 0 Å². The second-order valence-corrected chi connectivity index (χ2v) is 9.30. The van der Waals surface area contributed by atoms with E-state index < -0.39 is 21.8 Å². The van der Waals surface area contributed by atoms with Gasteiger partial charge in [0.15, 0.2) is 0 Å². The van der Waals surface area contributed by atoms with Crippen LogP contribution in [0.1, 0.15) is 10.4 Å². The van der Waals surface area contributed by atoms with E-state index in [0.717, 1.165) is 0 Å². The fourth-order valence-corrected chi connectivity index (χ4v) is 4.37. The Balaban J connectivity index is 1.63. The molecular weight excluding hydrogens is 473 g/mol. The van der Waals surface area contributed by atoms with E-state index in [9.17, 15) is 18.0 Å². The molecule has 0 heterocycles. The van der Waals surface area contributed by atoms with Crippen LogP contribution in [-0.4, -0.2) is 38.7 Å². The molecule has 2 N–H and O–H groups in total. The summed E-state index contributed by atoms with van der Waals surface area (Å²) >= 11 is 12.1. The van der Waals surface area contributed by atoms with Gasteiger partial charge >= 0.3 is 0 Å². The third-order valence-corrected chi connectivity index (χ3v) is 6.42. The lowest BCUT2D eigenvalue weighted by Crippen LogP contribution is -2.35. The van der Waals surface area contributed by atoms with E-state index in [1.807, 2.05) is 0 Å². The number of likely N-dealkylation sites (N-methyl/N-ethyl adjacent to an activating group) is 1. The largest absolute Gasteiger partial charge is 0.332 e. The first-order chi connectivity index (χ1) is 15.2. The number of hydrogen-bond donors (Lipinski definition) is 2. The molecule has 0 atom stereocenters. The number of anilines is 2. The zero-order chi connectivity index (χ0) is 23.3. The molecule has 0 saturated carbocycles. The number of halogens is 2. The Hall–Kier alpha value is -3.07. The Bertz CT molecular complexity index is 1210. The summed E-state index contributed by atoms with van der Waals surface area (Å²) in [6.07, 6.45) is 0. The summed E-state index contributed by atoms with van der Waals surface area (Å²) in [5, 5.41) is 3.16. The Kier molecular flexibility index (Phi) is 7.40. The molecule has 10 heteroatoms. The first-order valence-corrected chi connectivity index (χ1v) is 11.6. The number of carbonyl (C=O) groups excluding carboxylic acids is 2. The first-order valence-electron chi connectivity index (χ1n) is 9.34. The second-order valence-electron chi connectivity index (χ2n) is 6.80. The SMILES string of the molecule is CN(CC(=O)Nc1c(Cl)cccc1Cl)C(=O)c1ccc(NS(=O)(=O)c2ccccc2)cc1. The summed E-state index contributed by atoms with van der Waals surface area (Å²) < 4.78 is 27.3. The van der Waals surface area contributed by atoms with E-state index in [1.165, 1.54) is 48.3 Å². The third-order valence-electron chi connectivity index (χ3n) is 4.39. The van der Waals surface area contributed by atoms with Crippen LogP contribution in [0.2, 0.25) is 10.0 Å². The van der Waals surface area contributed by atoms with Gasteiger partial charge in [-0.1, -0.05) is 47.5 Å². The van der Waals surface area contributed by atoms with E-state index in [4.69, 9.17) is 23.2 Å². The Morgan fingerprint density at radius 1 is 0.875 bits per heavy atom. The number of nitrogens with one attached hydrogen (secondary N) is 2. The first kappa shape index (κ1) is 23.6. The van der Waals surface area contributed by atoms with Crippen molar-refractivity contribution in [1.29, 1.82) is 0 Å². The lowest BCUT2D eigenvalue weighted by Gasteiger charge is -2.18. The normalized spacial score (nSPS) is 11.0. The molecule has 0 unspecified atom stereocenters. The van der Waals surface area contributed by atoms with Crippen LogP contribution < -0.4 is 10.0 Å². The van der Waals surface area contributed by atoms with Crippen LogP contribution in [0.25, 0.3) is 0 Å². The average molecular weight is 492 g/mol. The van der Waals surface area contributed by atoms with Gasteiger partial charge in [-0.15, -0.1) is 0 Å². The molecule has 0 aromatic heterocycles. The summed E-state index contributed by atoms with van der Waals surface area (Å²) in [6, 6.07) is 18.7. The van der Waals surface area contributed by atoms with Gasteiger partial charge in [-0.3, -0.25) is 14.3 Å². The Morgan fingerprint density at radius 3 is 2.06 bits per heavy atom. The Morgan fingerprint density at radius 2 is 1.47 bits per heavy atom. The summed E-state index contributed by atoms with van der Waals surface area (Å²) in [5.41, 5.74) is 0.870. The van der Waals surface area contributed by atoms with Crippen LogP contribution in [0, 0.1) is 0 Å². The predicted octanol–water partition coefficient (Wildman–Crippen LogP) is 4.50. The highest BCUT2D eigenvalue weighted by Gasteiger charge is 2.18. The van der Waals surface area contributed by atoms with Gasteiger partial charge in [0.25, 0.3) is 15.9 Å². The number of rotatable bonds is 7. The number of sulfonamides is 1. The monoisotopic (exact) mass is 491 g/mol. The number of hydrogen-bond acceptors (Lipinski definition) is 4. The molecule has 0 aliphatic heterocycles. The lowest BCUT2D eigenvalue weighted by molar-refractivity contribution is -0.116. The van der Waals surface area contributed by atoms with E-state index >= 15 is 0 Å². The molecule has 166 valence electrons. The number of amides is 2. The molecule has 0 aliphatic rings. The van der Waals surface area contributed by atoms with Crippen molar-refractivity contribution in [2.45, 2.75) is 4.90 Å². The molecule has 0 saturated heterocycles. The number of carbonyl (C=O) groups is 2. The highest BCUT2D eigenvalue weighted by molar-refractivity contribution is 7.92. The van der Waals surface area contributed by atoms with Crippen LogP contribution in [0.5, 0.6) is 0 Å². The van der Waals surface area contributed by atoms with E-state index in [0.29, 0.717) is 11.3 Å². The maximum absolute atomic E-state index is 12.6. The fraction of sp³-hybridized carbons (Fsp3) is 0.0909. The van der Waals surface area contributed by atoms with Crippen LogP contribution >= 0.6 is 23.2 Å². The number of benzene rings is 3. The van der Waals surface area contributed by atoms with Crippen molar-refractivity contribution < 1.29 is 18.0 Å². The number of nitrogens with zero attached hydrogens (tertiary/aromatic N) is 1. The zero-order valence-corrected chi connectivity index (χ0v) is 19.2. The van der Waals surface area contributed by atoms with Crippen molar-refractivity contribution in [3.05, 3.63) is 88.4 Å². The molecule has 32 heavy (non-hydrogen) atoms. The maximum atomic E-state index is 12.6. The molecule has 7 nitrogen and oxygen atoms in total. The minimum Gasteiger partial charge on any atom is -0.332 e. The van der Waals surface area contributed by atoms with Crippen molar-refractivity contribution in [2.75, 3.05) is 23.6 Å². The zero-order valence-electron chi connectivity index (χ0n) is 16.9. The van der Waals surface area contributed by atoms with Gasteiger partial charge in [0, 0.05) is 18.3 Å². The Labute approximate surface area is 196 Å². The topological polar surface area (TPSA) is 95.6 Å². The smallest absolute Gasteiger partial charge is 0.261 e. The second kappa shape index (κ2) is 10.0. The molecule has 2 amide bonds. The van der Waals surface area contributed by atoms with E-state index in [-0.39, 0.29) is 27.2 Å². The molecule has 0 aliphatic carbocycles. The van der Waals surface area contributed by atoms with Gasteiger partial charge < -0.3 is 10.2 Å². The predicted molar refractivity (Wildman–Crippen MR) is 126 cm³/mol. The van der Waals surface area contributed by atoms with Crippen molar-refractivity contribution >= 4 is 56.4 Å². The van der Waals surface area contributed by atoms with Gasteiger partial charge in [0.05, 0.1) is 27.2 Å². The van der Waals surface area contributed by atoms with Gasteiger partial charge in [0.1, 0.15) is 0 Å². The standard InChI is InChI=1S/C22H19Cl2N3O4S/c1-27(14-20(28)25-21-18(23)8-5-9-19(21)24)22(29)15-10-12-16(13-11-15)26-32(30,31)17-6-3-2-4-7-17/h2-13,26H,14H2,1H3,(H,25,28). The van der Waals surface area contributed by atoms with Crippen molar-refractivity contribution in [3.8, 4) is 0 Å². The third kappa shape index (κ3) is 5.79. The summed E-state index contributed by atoms with van der Waals surface area (Å²) in [4.78, 5) is 26.3. The summed E-state index contributed by atoms with van der Waals surface area (Å²) in [6.45, 7) is -0.233. The van der Waals surface area contributed by atoms with Gasteiger partial charge in [-0.05, 0) is 48.5 Å². The van der Waals surface area contributed by atoms with Crippen LogP contribution in [0.4, 0.5) is 11.4 Å². The summed E-state index contributed by atoms with van der Waals surface area (Å²) in [7, 11) is -2.26. The summed E-state index contributed by atoms with van der Waals surface area (Å²) in [5.74, 6) is -0.883. The molecule has 0 fully saturated rings. The average Bonchev–Trinajstić information content (AvgIpc) is 2.77. The molecule has 3 aromatic rings. The molecule has 3 aromatic carbocycles. The molecule has 0 bridgehead atoms. The quantitative estimate of drug-likeness (QED) is 0.508. The van der Waals surface area contributed by atoms with Crippen LogP contribution in [-0.2, 0) is 14.8 Å². The van der Waals surface area contributed by atoms with Crippen molar-refractivity contribution in [1.82, 2.24) is 4.90 Å². The van der Waals surface area contributed by atoms with Crippen LogP contribution in [0.3, 0.4) is 0 Å². The highest BCUT2D eigenvalue weighted by Crippen LogP contribution is 2.29. The maximum Gasteiger partial charge on any atom is 0.261 e. The molecule has 3 rings (SSSR count). The van der Waals surface area contributed by atoms with Gasteiger partial charge in [-0.25, -0.2) is 8.42 Å². The van der Waals surface area contributed by atoms with E-state index in [2.05, 4.69) is 10.0 Å². The molecule has 0 spiro atoms. The fourth-order valence-electron chi connectivity index (χ4n) is 2.80. The number of para-hydroxylation sites is 1. The lowest BCUT2D eigenvalue weighted by atomic mass is 10.2. The van der Waals surface area contributed by atoms with Gasteiger partial charge in [-0.2, -0.15) is 0 Å². The van der Waals surface area contributed by atoms with E-state index in [1.54, 1.807) is 36.4 Å². The minimum absolute atomic E-state index is 0.129. The molecule has 0 radical (unpaired) electrons. The minimum atomic E-state index is -3.74. The van der Waals surface area contributed by atoms with Crippen LogP contribution in [0.15, 0.2) is 77.7 Å². The van der Waals surface area contributed by atoms with Crippen molar-refractivity contribution in [3.63, 3.8) is 0 Å². The highest BCUT2D eigenvalue weighted by atomic mass is 35.5. The molecular formula is C22H19Cl2N3O4S.